The van der Waals surface area contributed by atoms with Gasteiger partial charge in [-0.3, -0.25) is 0 Å². The minimum atomic E-state index is -0.305. The zero-order valence-corrected chi connectivity index (χ0v) is 12.7. The van der Waals surface area contributed by atoms with E-state index >= 15 is 0 Å². The second kappa shape index (κ2) is 5.37. The number of aromatic nitrogens is 2. The van der Waals surface area contributed by atoms with Gasteiger partial charge >= 0.3 is 6.01 Å². The largest absolute Gasteiger partial charge is 0.406 e. The van der Waals surface area contributed by atoms with Gasteiger partial charge in [0, 0.05) is 8.95 Å². The van der Waals surface area contributed by atoms with Crippen molar-refractivity contribution < 1.29 is 4.42 Å². The summed E-state index contributed by atoms with van der Waals surface area (Å²) in [5.41, 5.74) is 0.824. The summed E-state index contributed by atoms with van der Waals surface area (Å²) in [4.78, 5) is 0. The van der Waals surface area contributed by atoms with Crippen molar-refractivity contribution in [2.75, 3.05) is 5.32 Å². The second-order valence-corrected chi connectivity index (χ2v) is 5.65. The molecule has 0 aliphatic rings. The van der Waals surface area contributed by atoms with Crippen LogP contribution >= 0.6 is 43.5 Å². The van der Waals surface area contributed by atoms with E-state index in [1.165, 1.54) is 0 Å². The molecule has 90 valence electrons. The van der Waals surface area contributed by atoms with Crippen molar-refractivity contribution in [3.63, 3.8) is 0 Å². The monoisotopic (exact) mass is 379 g/mol. The lowest BCUT2D eigenvalue weighted by atomic mass is 10.3. The van der Waals surface area contributed by atoms with Gasteiger partial charge in [-0.05, 0) is 50.9 Å². The zero-order chi connectivity index (χ0) is 12.4. The fourth-order valence-corrected chi connectivity index (χ4v) is 2.45. The number of nitrogens with zero attached hydrogens (tertiary/aromatic N) is 2. The third-order valence-electron chi connectivity index (χ3n) is 1.98. The molecular weight excluding hydrogens is 373 g/mol. The first-order valence-electron chi connectivity index (χ1n) is 4.76. The van der Waals surface area contributed by atoms with Crippen LogP contribution in [0.15, 0.2) is 31.6 Å². The van der Waals surface area contributed by atoms with E-state index in [0.717, 1.165) is 14.6 Å². The number of benzene rings is 1. The number of hydrogen-bond donors (Lipinski definition) is 1. The Labute approximate surface area is 120 Å². The number of halogens is 3. The number of hydrogen-bond acceptors (Lipinski definition) is 4. The highest BCUT2D eigenvalue weighted by molar-refractivity contribution is 9.11. The van der Waals surface area contributed by atoms with Crippen molar-refractivity contribution in [3.05, 3.63) is 33.0 Å². The molecule has 1 aromatic heterocycles. The molecular formula is C10H8Br2ClN3O. The minimum Gasteiger partial charge on any atom is -0.406 e. The summed E-state index contributed by atoms with van der Waals surface area (Å²) >= 11 is 12.7. The normalized spacial score (nSPS) is 12.5. The molecule has 1 unspecified atom stereocenters. The van der Waals surface area contributed by atoms with Crippen molar-refractivity contribution in [2.24, 2.45) is 0 Å². The van der Waals surface area contributed by atoms with Crippen LogP contribution in [0.2, 0.25) is 0 Å². The maximum atomic E-state index is 5.84. The lowest BCUT2D eigenvalue weighted by molar-refractivity contribution is 0.510. The summed E-state index contributed by atoms with van der Waals surface area (Å²) < 4.78 is 7.14. The molecule has 2 rings (SSSR count). The van der Waals surface area contributed by atoms with Crippen molar-refractivity contribution >= 4 is 55.2 Å². The molecule has 0 saturated heterocycles. The number of nitrogens with one attached hydrogen (secondary N) is 1. The van der Waals surface area contributed by atoms with Gasteiger partial charge in [0.05, 0.1) is 5.69 Å². The van der Waals surface area contributed by atoms with Crippen molar-refractivity contribution in [1.29, 1.82) is 0 Å². The maximum Gasteiger partial charge on any atom is 0.320 e. The fraction of sp³-hybridized carbons (Fsp3) is 0.200. The van der Waals surface area contributed by atoms with Crippen LogP contribution in [-0.4, -0.2) is 10.2 Å². The molecule has 0 spiro atoms. The molecule has 1 atom stereocenters. The van der Waals surface area contributed by atoms with Crippen LogP contribution in [0.4, 0.5) is 11.7 Å². The predicted molar refractivity (Wildman–Crippen MR) is 73.7 cm³/mol. The van der Waals surface area contributed by atoms with Crippen LogP contribution in [0.25, 0.3) is 0 Å². The average molecular weight is 381 g/mol. The summed E-state index contributed by atoms with van der Waals surface area (Å²) in [6.45, 7) is 1.77. The molecule has 0 bridgehead atoms. The standard InChI is InChI=1S/C10H8Br2ClN3O/c1-5(13)9-15-16-10(17-9)14-8-6(11)3-2-4-7(8)12/h2-5H,1H3,(H,14,16). The molecule has 1 aromatic carbocycles. The first-order valence-corrected chi connectivity index (χ1v) is 6.78. The Kier molecular flexibility index (Phi) is 4.06. The minimum absolute atomic E-state index is 0.305. The van der Waals surface area contributed by atoms with Gasteiger partial charge in [-0.2, -0.15) is 0 Å². The van der Waals surface area contributed by atoms with Crippen LogP contribution in [-0.2, 0) is 0 Å². The molecule has 7 heteroatoms. The number of alkyl halides is 1. The van der Waals surface area contributed by atoms with E-state index in [0.29, 0.717) is 11.9 Å². The highest BCUT2D eigenvalue weighted by Gasteiger charge is 2.13. The topological polar surface area (TPSA) is 51.0 Å². The Balaban J connectivity index is 2.25. The number of rotatable bonds is 3. The summed E-state index contributed by atoms with van der Waals surface area (Å²) in [6, 6.07) is 6.04. The zero-order valence-electron chi connectivity index (χ0n) is 8.75. The van der Waals surface area contributed by atoms with Gasteiger partial charge in [0.2, 0.25) is 5.89 Å². The molecule has 0 fully saturated rings. The number of para-hydroxylation sites is 1. The van der Waals surface area contributed by atoms with Crippen molar-refractivity contribution in [3.8, 4) is 0 Å². The smallest absolute Gasteiger partial charge is 0.320 e. The van der Waals surface area contributed by atoms with E-state index in [9.17, 15) is 0 Å². The molecule has 0 saturated carbocycles. The van der Waals surface area contributed by atoms with E-state index in [2.05, 4.69) is 47.4 Å². The molecule has 4 nitrogen and oxygen atoms in total. The first kappa shape index (κ1) is 12.9. The van der Waals surface area contributed by atoms with Gasteiger partial charge < -0.3 is 9.73 Å². The summed E-state index contributed by atoms with van der Waals surface area (Å²) in [5, 5.41) is 10.4. The van der Waals surface area contributed by atoms with E-state index in [1.54, 1.807) is 6.92 Å². The Hall–Kier alpha value is -0.590. The molecule has 17 heavy (non-hydrogen) atoms. The molecule has 0 radical (unpaired) electrons. The van der Waals surface area contributed by atoms with Gasteiger partial charge in [-0.15, -0.1) is 16.7 Å². The van der Waals surface area contributed by atoms with Crippen LogP contribution in [0.3, 0.4) is 0 Å². The molecule has 1 heterocycles. The Morgan fingerprint density at radius 3 is 2.47 bits per heavy atom. The molecule has 1 N–H and O–H groups in total. The summed E-state index contributed by atoms with van der Waals surface area (Å²) in [6.07, 6.45) is 0. The van der Waals surface area contributed by atoms with Gasteiger partial charge in [-0.25, -0.2) is 0 Å². The van der Waals surface area contributed by atoms with Crippen LogP contribution in [0.1, 0.15) is 18.2 Å². The van der Waals surface area contributed by atoms with Gasteiger partial charge in [0.15, 0.2) is 0 Å². The van der Waals surface area contributed by atoms with E-state index < -0.39 is 0 Å². The van der Waals surface area contributed by atoms with E-state index in [-0.39, 0.29) is 5.38 Å². The Morgan fingerprint density at radius 2 is 1.94 bits per heavy atom. The molecule has 0 aliphatic carbocycles. The quantitative estimate of drug-likeness (QED) is 0.787. The molecule has 2 aromatic rings. The summed E-state index contributed by atoms with van der Waals surface area (Å²) in [5.74, 6) is 0.386. The maximum absolute atomic E-state index is 5.84. The van der Waals surface area contributed by atoms with E-state index in [4.69, 9.17) is 16.0 Å². The SMILES string of the molecule is CC(Cl)c1nnc(Nc2c(Br)cccc2Br)o1. The first-order chi connectivity index (χ1) is 8.08. The Bertz CT molecular complexity index is 510. The third-order valence-corrected chi connectivity index (χ3v) is 3.48. The summed E-state index contributed by atoms with van der Waals surface area (Å²) in [7, 11) is 0. The number of anilines is 2. The lowest BCUT2D eigenvalue weighted by Crippen LogP contribution is -1.92. The molecule has 0 aliphatic heterocycles. The lowest BCUT2D eigenvalue weighted by Gasteiger charge is -2.06. The van der Waals surface area contributed by atoms with E-state index in [1.807, 2.05) is 18.2 Å². The van der Waals surface area contributed by atoms with Crippen molar-refractivity contribution in [2.45, 2.75) is 12.3 Å². The van der Waals surface area contributed by atoms with Gasteiger partial charge in [-0.1, -0.05) is 11.2 Å². The average Bonchev–Trinajstić information content (AvgIpc) is 2.72. The Morgan fingerprint density at radius 1 is 1.29 bits per heavy atom. The van der Waals surface area contributed by atoms with Gasteiger partial charge in [0.1, 0.15) is 5.38 Å². The fourth-order valence-electron chi connectivity index (χ4n) is 1.17. The third kappa shape index (κ3) is 3.00. The highest BCUT2D eigenvalue weighted by atomic mass is 79.9. The molecule has 0 amide bonds. The van der Waals surface area contributed by atoms with Crippen LogP contribution in [0.5, 0.6) is 0 Å². The second-order valence-electron chi connectivity index (χ2n) is 3.28. The predicted octanol–water partition coefficient (Wildman–Crippen LogP) is 4.64. The van der Waals surface area contributed by atoms with Gasteiger partial charge in [0.25, 0.3) is 0 Å². The highest BCUT2D eigenvalue weighted by Crippen LogP contribution is 2.33. The van der Waals surface area contributed by atoms with Crippen LogP contribution in [0, 0.1) is 0 Å². The van der Waals surface area contributed by atoms with Crippen molar-refractivity contribution in [1.82, 2.24) is 10.2 Å². The van der Waals surface area contributed by atoms with Crippen LogP contribution < -0.4 is 5.32 Å².